The van der Waals surface area contributed by atoms with E-state index < -0.39 is 0 Å². The van der Waals surface area contributed by atoms with Crippen LogP contribution in [0.25, 0.3) is 10.2 Å². The molecule has 3 aromatic rings. The molecule has 21 heavy (non-hydrogen) atoms. The molecular weight excluding hydrogens is 300 g/mol. The maximum absolute atomic E-state index is 5.88. The van der Waals surface area contributed by atoms with E-state index in [4.69, 9.17) is 22.7 Å². The molecule has 0 aliphatic heterocycles. The largest absolute Gasteiger partial charge is 0.486 e. The molecule has 3 nitrogen and oxygen atoms in total. The molecule has 0 spiro atoms. The Morgan fingerprint density at radius 2 is 2.10 bits per heavy atom. The smallest absolute Gasteiger partial charge is 0.140 e. The molecule has 0 unspecified atom stereocenters. The molecule has 3 rings (SSSR count). The molecule has 0 radical (unpaired) electrons. The van der Waals surface area contributed by atoms with Crippen molar-refractivity contribution in [3.8, 4) is 5.75 Å². The fourth-order valence-corrected chi connectivity index (χ4v) is 3.04. The van der Waals surface area contributed by atoms with Crippen molar-refractivity contribution in [2.75, 3.05) is 0 Å². The normalized spacial score (nSPS) is 10.7. The Morgan fingerprint density at radius 3 is 2.86 bits per heavy atom. The molecule has 2 aromatic carbocycles. The molecule has 0 saturated heterocycles. The quantitative estimate of drug-likeness (QED) is 0.744. The van der Waals surface area contributed by atoms with Gasteiger partial charge < -0.3 is 10.5 Å². The van der Waals surface area contributed by atoms with Crippen molar-refractivity contribution < 1.29 is 4.74 Å². The minimum absolute atomic E-state index is 0.375. The zero-order valence-corrected chi connectivity index (χ0v) is 13.1. The van der Waals surface area contributed by atoms with Gasteiger partial charge in [0.25, 0.3) is 0 Å². The van der Waals surface area contributed by atoms with Gasteiger partial charge in [0.05, 0.1) is 10.2 Å². The highest BCUT2D eigenvalue weighted by Gasteiger charge is 2.07. The Kier molecular flexibility index (Phi) is 3.86. The molecule has 0 saturated carbocycles. The van der Waals surface area contributed by atoms with Crippen LogP contribution >= 0.6 is 23.6 Å². The van der Waals surface area contributed by atoms with Gasteiger partial charge in [-0.15, -0.1) is 11.3 Å². The maximum Gasteiger partial charge on any atom is 0.140 e. The van der Waals surface area contributed by atoms with E-state index in [1.54, 1.807) is 11.3 Å². The van der Waals surface area contributed by atoms with Crippen molar-refractivity contribution >= 4 is 38.8 Å². The van der Waals surface area contributed by atoms with Crippen molar-refractivity contribution in [1.82, 2.24) is 4.98 Å². The standard InChI is InChI=1S/C16H14N2OS2/c1-10-6-7-11(16(17)20)8-13(10)19-9-15-18-12-4-2-3-5-14(12)21-15/h2-8H,9H2,1H3,(H2,17,20). The van der Waals surface area contributed by atoms with Crippen LogP contribution < -0.4 is 10.5 Å². The summed E-state index contributed by atoms with van der Waals surface area (Å²) in [5.41, 5.74) is 8.53. The number of thiocarbonyl (C=S) groups is 1. The number of ether oxygens (including phenoxy) is 1. The zero-order chi connectivity index (χ0) is 14.8. The SMILES string of the molecule is Cc1ccc(C(N)=S)cc1OCc1nc2ccccc2s1. The topological polar surface area (TPSA) is 48.1 Å². The fraction of sp³-hybridized carbons (Fsp3) is 0.125. The molecule has 0 aliphatic carbocycles. The summed E-state index contributed by atoms with van der Waals surface area (Å²) in [7, 11) is 0. The number of hydrogen-bond donors (Lipinski definition) is 1. The summed E-state index contributed by atoms with van der Waals surface area (Å²) in [6, 6.07) is 13.8. The molecule has 0 fully saturated rings. The molecule has 5 heteroatoms. The summed E-state index contributed by atoms with van der Waals surface area (Å²) >= 11 is 6.64. The molecule has 1 aromatic heterocycles. The average molecular weight is 314 g/mol. The van der Waals surface area contributed by atoms with Crippen LogP contribution in [0.1, 0.15) is 16.1 Å². The minimum Gasteiger partial charge on any atom is -0.486 e. The van der Waals surface area contributed by atoms with Gasteiger partial charge >= 0.3 is 0 Å². The van der Waals surface area contributed by atoms with Crippen LogP contribution in [-0.4, -0.2) is 9.97 Å². The summed E-state index contributed by atoms with van der Waals surface area (Å²) in [5.74, 6) is 0.791. The molecule has 1 heterocycles. The Hall–Kier alpha value is -1.98. The second-order valence-electron chi connectivity index (χ2n) is 4.71. The van der Waals surface area contributed by atoms with Gasteiger partial charge in [0.15, 0.2) is 0 Å². The molecule has 2 N–H and O–H groups in total. The summed E-state index contributed by atoms with van der Waals surface area (Å²) in [4.78, 5) is 4.93. The highest BCUT2D eigenvalue weighted by molar-refractivity contribution is 7.80. The first-order valence-electron chi connectivity index (χ1n) is 6.51. The van der Waals surface area contributed by atoms with E-state index in [2.05, 4.69) is 11.1 Å². The lowest BCUT2D eigenvalue weighted by molar-refractivity contribution is 0.303. The number of aromatic nitrogens is 1. The van der Waals surface area contributed by atoms with Gasteiger partial charge in [-0.1, -0.05) is 36.5 Å². The third-order valence-corrected chi connectivity index (χ3v) is 4.41. The second-order valence-corrected chi connectivity index (χ2v) is 6.26. The van der Waals surface area contributed by atoms with Crippen molar-refractivity contribution in [1.29, 1.82) is 0 Å². The first kappa shape index (κ1) is 14.0. The predicted octanol–water partition coefficient (Wildman–Crippen LogP) is 3.82. The van der Waals surface area contributed by atoms with E-state index in [0.717, 1.165) is 27.4 Å². The number of benzene rings is 2. The van der Waals surface area contributed by atoms with Crippen molar-refractivity contribution in [3.63, 3.8) is 0 Å². The molecule has 0 bridgehead atoms. The Bertz CT molecular complexity index is 778. The highest BCUT2D eigenvalue weighted by atomic mass is 32.1. The first-order valence-corrected chi connectivity index (χ1v) is 7.73. The summed E-state index contributed by atoms with van der Waals surface area (Å²) in [6.45, 7) is 2.44. The summed E-state index contributed by atoms with van der Waals surface area (Å²) in [6.07, 6.45) is 0. The van der Waals surface area contributed by atoms with Crippen LogP contribution in [0.3, 0.4) is 0 Å². The van der Waals surface area contributed by atoms with Crippen molar-refractivity contribution in [2.45, 2.75) is 13.5 Å². The number of thiazole rings is 1. The fourth-order valence-electron chi connectivity index (χ4n) is 2.03. The maximum atomic E-state index is 5.88. The lowest BCUT2D eigenvalue weighted by Gasteiger charge is -2.09. The Morgan fingerprint density at radius 1 is 1.29 bits per heavy atom. The third kappa shape index (κ3) is 3.04. The van der Waals surface area contributed by atoms with E-state index in [1.165, 1.54) is 4.70 Å². The number of rotatable bonds is 4. The van der Waals surface area contributed by atoms with E-state index in [1.807, 2.05) is 43.3 Å². The van der Waals surface area contributed by atoms with Gasteiger partial charge in [-0.25, -0.2) is 4.98 Å². The molecule has 0 amide bonds. The predicted molar refractivity (Wildman–Crippen MR) is 91.0 cm³/mol. The van der Waals surface area contributed by atoms with Gasteiger partial charge in [-0.3, -0.25) is 0 Å². The van der Waals surface area contributed by atoms with Gasteiger partial charge in [0.1, 0.15) is 22.4 Å². The number of hydrogen-bond acceptors (Lipinski definition) is 4. The van der Waals surface area contributed by atoms with Crippen LogP contribution in [-0.2, 0) is 6.61 Å². The second kappa shape index (κ2) is 5.79. The van der Waals surface area contributed by atoms with Crippen LogP contribution in [0, 0.1) is 6.92 Å². The summed E-state index contributed by atoms with van der Waals surface area (Å²) < 4.78 is 7.05. The summed E-state index contributed by atoms with van der Waals surface area (Å²) in [5, 5.41) is 0.955. The zero-order valence-electron chi connectivity index (χ0n) is 11.5. The Labute approximate surface area is 132 Å². The van der Waals surface area contributed by atoms with E-state index in [-0.39, 0.29) is 0 Å². The van der Waals surface area contributed by atoms with Crippen molar-refractivity contribution in [3.05, 3.63) is 58.6 Å². The monoisotopic (exact) mass is 314 g/mol. The van der Waals surface area contributed by atoms with Gasteiger partial charge in [-0.05, 0) is 30.7 Å². The molecule has 0 atom stereocenters. The third-order valence-electron chi connectivity index (χ3n) is 3.16. The minimum atomic E-state index is 0.375. The lowest BCUT2D eigenvalue weighted by Crippen LogP contribution is -2.09. The van der Waals surface area contributed by atoms with Gasteiger partial charge in [0.2, 0.25) is 0 Å². The first-order chi connectivity index (χ1) is 10.1. The van der Waals surface area contributed by atoms with Crippen LogP contribution in [0.2, 0.25) is 0 Å². The number of nitrogens with zero attached hydrogens (tertiary/aromatic N) is 1. The van der Waals surface area contributed by atoms with Crippen LogP contribution in [0.4, 0.5) is 0 Å². The number of aryl methyl sites for hydroxylation is 1. The number of para-hydroxylation sites is 1. The van der Waals surface area contributed by atoms with Crippen LogP contribution in [0.15, 0.2) is 42.5 Å². The number of fused-ring (bicyclic) bond motifs is 1. The molecule has 0 aliphatic rings. The van der Waals surface area contributed by atoms with Crippen LogP contribution in [0.5, 0.6) is 5.75 Å². The van der Waals surface area contributed by atoms with E-state index >= 15 is 0 Å². The van der Waals surface area contributed by atoms with Gasteiger partial charge in [-0.2, -0.15) is 0 Å². The van der Waals surface area contributed by atoms with Gasteiger partial charge in [0, 0.05) is 5.56 Å². The van der Waals surface area contributed by atoms with Crippen molar-refractivity contribution in [2.24, 2.45) is 5.73 Å². The number of nitrogens with two attached hydrogens (primary N) is 1. The highest BCUT2D eigenvalue weighted by Crippen LogP contribution is 2.25. The van der Waals surface area contributed by atoms with E-state index in [9.17, 15) is 0 Å². The lowest BCUT2D eigenvalue weighted by atomic mass is 10.1. The average Bonchev–Trinajstić information content (AvgIpc) is 2.89. The molecular formula is C16H14N2OS2. The molecule has 106 valence electrons. The Balaban J connectivity index is 1.80. The van der Waals surface area contributed by atoms with E-state index in [0.29, 0.717) is 11.6 Å².